The summed E-state index contributed by atoms with van der Waals surface area (Å²) in [5, 5.41) is 0. The number of carbonyl (C=O) groups is 3. The fourth-order valence-electron chi connectivity index (χ4n) is 3.38. The van der Waals surface area contributed by atoms with Crippen LogP contribution in [-0.2, 0) is 14.3 Å². The summed E-state index contributed by atoms with van der Waals surface area (Å²) in [5.74, 6) is -0.884. The van der Waals surface area contributed by atoms with Crippen LogP contribution in [0.15, 0.2) is 48.5 Å². The van der Waals surface area contributed by atoms with E-state index in [1.807, 2.05) is 43.3 Å². The second-order valence-corrected chi connectivity index (χ2v) is 7.14. The van der Waals surface area contributed by atoms with Gasteiger partial charge in [-0.05, 0) is 25.1 Å². The third-order valence-corrected chi connectivity index (χ3v) is 5.01. The minimum absolute atomic E-state index is 0.102. The van der Waals surface area contributed by atoms with E-state index in [1.54, 1.807) is 29.0 Å². The summed E-state index contributed by atoms with van der Waals surface area (Å²) < 4.78 is 5.77. The van der Waals surface area contributed by atoms with E-state index in [-0.39, 0.29) is 37.9 Å². The fraction of sp³-hybridized carbons (Fsp3) is 0.318. The number of anilines is 1. The van der Waals surface area contributed by atoms with Crippen molar-refractivity contribution < 1.29 is 19.1 Å². The van der Waals surface area contributed by atoms with Crippen molar-refractivity contribution >= 4 is 23.4 Å². The lowest BCUT2D eigenvalue weighted by Gasteiger charge is -2.28. The van der Waals surface area contributed by atoms with Crippen molar-refractivity contribution in [3.63, 3.8) is 0 Å². The average Bonchev–Trinajstić information content (AvgIpc) is 2.76. The summed E-state index contributed by atoms with van der Waals surface area (Å²) in [4.78, 5) is 40.3. The van der Waals surface area contributed by atoms with Crippen molar-refractivity contribution in [2.45, 2.75) is 19.4 Å². The standard InChI is InChI=1S/C22H25N3O4/c1-15-7-9-16(10-8-15)22(28)25-12-11-21(27)24(2)18-6-4-3-5-17(18)19(13-25)29-14-20(23)26/h3-10,19H,11-14H2,1-2H3,(H2,23,26). The van der Waals surface area contributed by atoms with E-state index >= 15 is 0 Å². The molecule has 0 bridgehead atoms. The number of primary amides is 1. The molecule has 1 heterocycles. The van der Waals surface area contributed by atoms with Crippen molar-refractivity contribution in [1.82, 2.24) is 4.90 Å². The number of benzene rings is 2. The van der Waals surface area contributed by atoms with Crippen LogP contribution in [0.4, 0.5) is 5.69 Å². The molecule has 0 aliphatic carbocycles. The van der Waals surface area contributed by atoms with Crippen LogP contribution < -0.4 is 10.6 Å². The number of nitrogens with zero attached hydrogens (tertiary/aromatic N) is 2. The Morgan fingerprint density at radius 2 is 1.83 bits per heavy atom. The van der Waals surface area contributed by atoms with Crippen molar-refractivity contribution in [1.29, 1.82) is 0 Å². The van der Waals surface area contributed by atoms with Crippen LogP contribution in [0.3, 0.4) is 0 Å². The van der Waals surface area contributed by atoms with Crippen LogP contribution >= 0.6 is 0 Å². The van der Waals surface area contributed by atoms with Crippen molar-refractivity contribution in [2.24, 2.45) is 5.73 Å². The molecule has 2 aromatic rings. The first-order valence-corrected chi connectivity index (χ1v) is 9.48. The van der Waals surface area contributed by atoms with E-state index < -0.39 is 12.0 Å². The predicted octanol–water partition coefficient (Wildman–Crippen LogP) is 2.05. The molecule has 0 aromatic heterocycles. The molecule has 2 N–H and O–H groups in total. The Kier molecular flexibility index (Phi) is 6.29. The van der Waals surface area contributed by atoms with Crippen LogP contribution in [0, 0.1) is 6.92 Å². The van der Waals surface area contributed by atoms with Gasteiger partial charge in [-0.25, -0.2) is 0 Å². The second-order valence-electron chi connectivity index (χ2n) is 7.14. The maximum Gasteiger partial charge on any atom is 0.253 e. The van der Waals surface area contributed by atoms with Gasteiger partial charge in [-0.15, -0.1) is 0 Å². The number of hydrogen-bond acceptors (Lipinski definition) is 4. The van der Waals surface area contributed by atoms with E-state index in [9.17, 15) is 14.4 Å². The fourth-order valence-corrected chi connectivity index (χ4v) is 3.38. The first-order valence-electron chi connectivity index (χ1n) is 9.48. The molecular formula is C22H25N3O4. The third-order valence-electron chi connectivity index (χ3n) is 5.01. The maximum absolute atomic E-state index is 13.1. The Bertz CT molecular complexity index is 911. The van der Waals surface area contributed by atoms with Gasteiger partial charge in [-0.1, -0.05) is 35.9 Å². The topological polar surface area (TPSA) is 92.9 Å². The largest absolute Gasteiger partial charge is 0.368 e. The van der Waals surface area contributed by atoms with Crippen molar-refractivity contribution in [3.8, 4) is 0 Å². The van der Waals surface area contributed by atoms with Gasteiger partial charge in [0.2, 0.25) is 11.8 Å². The number of rotatable bonds is 4. The van der Waals surface area contributed by atoms with Gasteiger partial charge in [0, 0.05) is 36.8 Å². The van der Waals surface area contributed by atoms with E-state index in [1.165, 1.54) is 0 Å². The molecule has 29 heavy (non-hydrogen) atoms. The van der Waals surface area contributed by atoms with E-state index in [0.717, 1.165) is 11.1 Å². The molecule has 1 unspecified atom stereocenters. The summed E-state index contributed by atoms with van der Waals surface area (Å²) in [6.45, 7) is 2.13. The van der Waals surface area contributed by atoms with Crippen LogP contribution in [0.2, 0.25) is 0 Å². The summed E-state index contributed by atoms with van der Waals surface area (Å²) >= 11 is 0. The number of aryl methyl sites for hydroxylation is 1. The van der Waals surface area contributed by atoms with E-state index in [4.69, 9.17) is 10.5 Å². The number of para-hydroxylation sites is 1. The highest BCUT2D eigenvalue weighted by atomic mass is 16.5. The first kappa shape index (κ1) is 20.5. The molecule has 0 radical (unpaired) electrons. The lowest BCUT2D eigenvalue weighted by atomic mass is 10.0. The van der Waals surface area contributed by atoms with Crippen LogP contribution in [0.5, 0.6) is 0 Å². The Hall–Kier alpha value is -3.19. The summed E-state index contributed by atoms with van der Waals surface area (Å²) in [7, 11) is 1.70. The molecule has 7 heteroatoms. The molecule has 1 aliphatic rings. The monoisotopic (exact) mass is 395 g/mol. The van der Waals surface area contributed by atoms with E-state index in [2.05, 4.69) is 0 Å². The maximum atomic E-state index is 13.1. The summed E-state index contributed by atoms with van der Waals surface area (Å²) in [6, 6.07) is 14.6. The highest BCUT2D eigenvalue weighted by molar-refractivity contribution is 5.96. The molecule has 3 rings (SSSR count). The van der Waals surface area contributed by atoms with Gasteiger partial charge < -0.3 is 20.3 Å². The Morgan fingerprint density at radius 1 is 1.14 bits per heavy atom. The van der Waals surface area contributed by atoms with Gasteiger partial charge in [0.05, 0.1) is 6.54 Å². The molecule has 3 amide bonds. The van der Waals surface area contributed by atoms with Crippen molar-refractivity contribution in [3.05, 3.63) is 65.2 Å². The van der Waals surface area contributed by atoms with Gasteiger partial charge >= 0.3 is 0 Å². The van der Waals surface area contributed by atoms with Crippen LogP contribution in [-0.4, -0.2) is 49.4 Å². The molecular weight excluding hydrogens is 370 g/mol. The molecule has 1 aliphatic heterocycles. The number of carbonyl (C=O) groups excluding carboxylic acids is 3. The van der Waals surface area contributed by atoms with Crippen LogP contribution in [0.25, 0.3) is 0 Å². The van der Waals surface area contributed by atoms with Crippen molar-refractivity contribution in [2.75, 3.05) is 31.6 Å². The Balaban J connectivity index is 1.98. The number of nitrogens with two attached hydrogens (primary N) is 1. The van der Waals surface area contributed by atoms with E-state index in [0.29, 0.717) is 11.3 Å². The van der Waals surface area contributed by atoms with Gasteiger partial charge in [0.15, 0.2) is 0 Å². The first-order chi connectivity index (χ1) is 13.9. The van der Waals surface area contributed by atoms with Gasteiger partial charge in [0.1, 0.15) is 12.7 Å². The highest BCUT2D eigenvalue weighted by Crippen LogP contribution is 2.31. The van der Waals surface area contributed by atoms with Gasteiger partial charge in [-0.2, -0.15) is 0 Å². The zero-order valence-corrected chi connectivity index (χ0v) is 16.6. The number of ether oxygens (including phenoxy) is 1. The summed E-state index contributed by atoms with van der Waals surface area (Å²) in [5.41, 5.74) is 8.29. The average molecular weight is 395 g/mol. The number of fused-ring (bicyclic) bond motifs is 1. The van der Waals surface area contributed by atoms with Gasteiger partial charge in [0.25, 0.3) is 5.91 Å². The zero-order chi connectivity index (χ0) is 21.0. The minimum atomic E-state index is -0.596. The quantitative estimate of drug-likeness (QED) is 0.857. The normalized spacial score (nSPS) is 17.2. The Morgan fingerprint density at radius 3 is 2.52 bits per heavy atom. The second kappa shape index (κ2) is 8.87. The smallest absolute Gasteiger partial charge is 0.253 e. The third kappa shape index (κ3) is 4.81. The Labute approximate surface area is 170 Å². The lowest BCUT2D eigenvalue weighted by Crippen LogP contribution is -2.37. The minimum Gasteiger partial charge on any atom is -0.368 e. The molecule has 7 nitrogen and oxygen atoms in total. The molecule has 0 saturated heterocycles. The predicted molar refractivity (Wildman–Crippen MR) is 109 cm³/mol. The molecule has 0 saturated carbocycles. The number of amides is 3. The zero-order valence-electron chi connectivity index (χ0n) is 16.6. The lowest BCUT2D eigenvalue weighted by molar-refractivity contribution is -0.124. The number of hydrogen-bond donors (Lipinski definition) is 1. The summed E-state index contributed by atoms with van der Waals surface area (Å²) in [6.07, 6.45) is -0.410. The molecule has 1 atom stereocenters. The highest BCUT2D eigenvalue weighted by Gasteiger charge is 2.29. The van der Waals surface area contributed by atoms with Crippen LogP contribution in [0.1, 0.15) is 34.0 Å². The van der Waals surface area contributed by atoms with Gasteiger partial charge in [-0.3, -0.25) is 14.4 Å². The molecule has 152 valence electrons. The molecule has 2 aromatic carbocycles. The molecule has 0 spiro atoms. The SMILES string of the molecule is Cc1ccc(C(=O)N2CCC(=O)N(C)c3ccccc3C(OCC(N)=O)C2)cc1. The molecule has 0 fully saturated rings.